The van der Waals surface area contributed by atoms with Crippen molar-refractivity contribution >= 4 is 28.7 Å². The van der Waals surface area contributed by atoms with Gasteiger partial charge in [-0.25, -0.2) is 4.79 Å². The molecule has 130 valence electrons. The van der Waals surface area contributed by atoms with Gasteiger partial charge in [-0.1, -0.05) is 24.6 Å². The summed E-state index contributed by atoms with van der Waals surface area (Å²) in [6, 6.07) is 8.21. The number of carbonyl (C=O) groups excluding carboxylic acids is 1. The minimum atomic E-state index is -0.293. The van der Waals surface area contributed by atoms with Crippen LogP contribution < -0.4 is 0 Å². The smallest absolute Gasteiger partial charge is 0.342 e. The van der Waals surface area contributed by atoms with Crippen molar-refractivity contribution in [1.29, 1.82) is 0 Å². The van der Waals surface area contributed by atoms with Gasteiger partial charge in [-0.2, -0.15) is 11.8 Å². The lowest BCUT2D eigenvalue weighted by Gasteiger charge is -2.28. The van der Waals surface area contributed by atoms with Crippen molar-refractivity contribution in [2.45, 2.75) is 44.0 Å². The van der Waals surface area contributed by atoms with Crippen LogP contribution in [-0.4, -0.2) is 42.1 Å². The molecule has 2 atom stereocenters. The second-order valence-corrected chi connectivity index (χ2v) is 7.38. The second kappa shape index (κ2) is 7.62. The molecule has 0 N–H and O–H groups in total. The van der Waals surface area contributed by atoms with Crippen molar-refractivity contribution in [2.24, 2.45) is 0 Å². The molecule has 0 saturated heterocycles. The first-order valence-electron chi connectivity index (χ1n) is 8.56. The average molecular weight is 347 g/mol. The molecule has 24 heavy (non-hydrogen) atoms. The molecule has 1 aliphatic rings. The van der Waals surface area contributed by atoms with Crippen LogP contribution in [0, 0.1) is 0 Å². The zero-order valence-electron chi connectivity index (χ0n) is 14.6. The molecule has 5 heteroatoms. The molecule has 0 bridgehead atoms. The number of rotatable bonds is 6. The molecule has 0 aliphatic heterocycles. The molecule has 3 rings (SSSR count). The number of thioether (sulfide) groups is 1. The SMILES string of the molecule is CCOC(=O)c1c(CN(C)[C@H]2CCC[C@@H]2SC)oc2ccccc12. The number of furan rings is 1. The number of esters is 1. The summed E-state index contributed by atoms with van der Waals surface area (Å²) >= 11 is 1.94. The number of carbonyl (C=O) groups is 1. The van der Waals surface area contributed by atoms with Crippen LogP contribution in [0.2, 0.25) is 0 Å². The van der Waals surface area contributed by atoms with Crippen molar-refractivity contribution in [3.8, 4) is 0 Å². The fourth-order valence-corrected chi connectivity index (χ4v) is 4.72. The van der Waals surface area contributed by atoms with Gasteiger partial charge in [0.1, 0.15) is 16.9 Å². The Bertz CT molecular complexity index is 712. The van der Waals surface area contributed by atoms with Crippen LogP contribution in [0.25, 0.3) is 11.0 Å². The third-order valence-electron chi connectivity index (χ3n) is 4.83. The molecule has 1 fully saturated rings. The maximum Gasteiger partial charge on any atom is 0.342 e. The summed E-state index contributed by atoms with van der Waals surface area (Å²) in [7, 11) is 2.13. The molecule has 1 saturated carbocycles. The minimum absolute atomic E-state index is 0.293. The van der Waals surface area contributed by atoms with Crippen molar-refractivity contribution in [3.63, 3.8) is 0 Å². The third kappa shape index (κ3) is 3.33. The van der Waals surface area contributed by atoms with Gasteiger partial charge in [0.25, 0.3) is 0 Å². The van der Waals surface area contributed by atoms with E-state index in [2.05, 4.69) is 18.2 Å². The fraction of sp³-hybridized carbons (Fsp3) is 0.526. The number of nitrogens with zero attached hydrogens (tertiary/aromatic N) is 1. The van der Waals surface area contributed by atoms with Gasteiger partial charge in [0.05, 0.1) is 13.2 Å². The monoisotopic (exact) mass is 347 g/mol. The molecular formula is C19H25NO3S. The van der Waals surface area contributed by atoms with Crippen molar-refractivity contribution < 1.29 is 13.9 Å². The van der Waals surface area contributed by atoms with E-state index in [1.54, 1.807) is 0 Å². The van der Waals surface area contributed by atoms with E-state index in [1.807, 2.05) is 43.0 Å². The van der Waals surface area contributed by atoms with Crippen LogP contribution >= 0.6 is 11.8 Å². The van der Waals surface area contributed by atoms with E-state index in [4.69, 9.17) is 9.15 Å². The summed E-state index contributed by atoms with van der Waals surface area (Å²) in [6.45, 7) is 2.82. The highest BCUT2D eigenvalue weighted by Crippen LogP contribution is 2.34. The molecule has 0 amide bonds. The van der Waals surface area contributed by atoms with Gasteiger partial charge < -0.3 is 9.15 Å². The Morgan fingerprint density at radius 2 is 2.17 bits per heavy atom. The Balaban J connectivity index is 1.90. The maximum atomic E-state index is 12.5. The first-order chi connectivity index (χ1) is 11.7. The highest BCUT2D eigenvalue weighted by atomic mass is 32.2. The molecule has 4 nitrogen and oxygen atoms in total. The second-order valence-electron chi connectivity index (χ2n) is 6.30. The molecule has 1 aromatic carbocycles. The van der Waals surface area contributed by atoms with E-state index >= 15 is 0 Å². The molecule has 0 unspecified atom stereocenters. The molecule has 2 aromatic rings. The van der Waals surface area contributed by atoms with E-state index in [9.17, 15) is 4.79 Å². The number of fused-ring (bicyclic) bond motifs is 1. The van der Waals surface area contributed by atoms with E-state index in [-0.39, 0.29) is 5.97 Å². The molecule has 1 aromatic heterocycles. The highest BCUT2D eigenvalue weighted by molar-refractivity contribution is 7.99. The molecule has 0 spiro atoms. The summed E-state index contributed by atoms with van der Waals surface area (Å²) in [6.07, 6.45) is 5.92. The quantitative estimate of drug-likeness (QED) is 0.728. The summed E-state index contributed by atoms with van der Waals surface area (Å²) in [5, 5.41) is 1.50. The van der Waals surface area contributed by atoms with Gasteiger partial charge in [-0.3, -0.25) is 4.90 Å². The molecule has 1 heterocycles. The fourth-order valence-electron chi connectivity index (χ4n) is 3.66. The van der Waals surface area contributed by atoms with E-state index in [0.717, 1.165) is 11.0 Å². The van der Waals surface area contributed by atoms with Crippen LogP contribution in [0.3, 0.4) is 0 Å². The standard InChI is InChI=1S/C19H25NO3S/c1-4-22-19(21)18-13-8-5-6-10-15(13)23-16(18)12-20(2)14-9-7-11-17(14)24-3/h5-6,8,10,14,17H,4,7,9,11-12H2,1-3H3/t14-,17-/m0/s1. The van der Waals surface area contributed by atoms with Crippen molar-refractivity contribution in [1.82, 2.24) is 4.90 Å². The van der Waals surface area contributed by atoms with Crippen LogP contribution in [-0.2, 0) is 11.3 Å². The van der Waals surface area contributed by atoms with Gasteiger partial charge in [0, 0.05) is 16.7 Å². The van der Waals surface area contributed by atoms with Crippen molar-refractivity contribution in [3.05, 3.63) is 35.6 Å². The van der Waals surface area contributed by atoms with Crippen LogP contribution in [0.5, 0.6) is 0 Å². The molecular weight excluding hydrogens is 322 g/mol. The number of hydrogen-bond donors (Lipinski definition) is 0. The lowest BCUT2D eigenvalue weighted by atomic mass is 10.1. The Morgan fingerprint density at radius 1 is 1.38 bits per heavy atom. The first kappa shape index (κ1) is 17.4. The van der Waals surface area contributed by atoms with Gasteiger partial charge in [-0.05, 0) is 39.1 Å². The molecule has 1 aliphatic carbocycles. The third-order valence-corrected chi connectivity index (χ3v) is 5.98. The first-order valence-corrected chi connectivity index (χ1v) is 9.85. The van der Waals surface area contributed by atoms with E-state index < -0.39 is 0 Å². The van der Waals surface area contributed by atoms with E-state index in [0.29, 0.717) is 35.8 Å². The largest absolute Gasteiger partial charge is 0.462 e. The Labute approximate surface area is 147 Å². The Kier molecular flexibility index (Phi) is 5.51. The van der Waals surface area contributed by atoms with Crippen LogP contribution in [0.1, 0.15) is 42.3 Å². The normalized spacial score (nSPS) is 20.8. The average Bonchev–Trinajstić information content (AvgIpc) is 3.18. The Hall–Kier alpha value is -1.46. The summed E-state index contributed by atoms with van der Waals surface area (Å²) in [5.74, 6) is 0.419. The highest BCUT2D eigenvalue weighted by Gasteiger charge is 2.31. The Morgan fingerprint density at radius 3 is 2.92 bits per heavy atom. The van der Waals surface area contributed by atoms with Crippen LogP contribution in [0.15, 0.2) is 28.7 Å². The van der Waals surface area contributed by atoms with Gasteiger partial charge in [-0.15, -0.1) is 0 Å². The topological polar surface area (TPSA) is 42.7 Å². The van der Waals surface area contributed by atoms with Gasteiger partial charge >= 0.3 is 5.97 Å². The lowest BCUT2D eigenvalue weighted by molar-refractivity contribution is 0.0523. The van der Waals surface area contributed by atoms with Gasteiger partial charge in [0.15, 0.2) is 0 Å². The lowest BCUT2D eigenvalue weighted by Crippen LogP contribution is -2.35. The van der Waals surface area contributed by atoms with Gasteiger partial charge in [0.2, 0.25) is 0 Å². The predicted molar refractivity (Wildman–Crippen MR) is 98.6 cm³/mol. The summed E-state index contributed by atoms with van der Waals surface area (Å²) in [5.41, 5.74) is 1.33. The number of benzene rings is 1. The predicted octanol–water partition coefficient (Wildman–Crippen LogP) is 4.33. The van der Waals surface area contributed by atoms with Crippen molar-refractivity contribution in [2.75, 3.05) is 19.9 Å². The summed E-state index contributed by atoms with van der Waals surface area (Å²) in [4.78, 5) is 14.8. The number of ether oxygens (including phenoxy) is 1. The van der Waals surface area contributed by atoms with E-state index in [1.165, 1.54) is 19.3 Å². The number of para-hydroxylation sites is 1. The molecule has 0 radical (unpaired) electrons. The zero-order valence-corrected chi connectivity index (χ0v) is 15.4. The zero-order chi connectivity index (χ0) is 17.1. The number of hydrogen-bond acceptors (Lipinski definition) is 5. The maximum absolute atomic E-state index is 12.5. The summed E-state index contributed by atoms with van der Waals surface area (Å²) < 4.78 is 11.3. The van der Waals surface area contributed by atoms with Crippen LogP contribution in [0.4, 0.5) is 0 Å². The minimum Gasteiger partial charge on any atom is -0.462 e.